The number of aliphatic hydroxyl groups excluding tert-OH is 1. The van der Waals surface area contributed by atoms with Gasteiger partial charge in [0.2, 0.25) is 0 Å². The highest BCUT2D eigenvalue weighted by Gasteiger charge is 2.08. The van der Waals surface area contributed by atoms with Crippen molar-refractivity contribution in [2.75, 3.05) is 13.1 Å². The van der Waals surface area contributed by atoms with E-state index in [1.54, 1.807) is 11.3 Å². The molecule has 0 fully saturated rings. The van der Waals surface area contributed by atoms with Crippen molar-refractivity contribution >= 4 is 16.3 Å². The summed E-state index contributed by atoms with van der Waals surface area (Å²) in [5.41, 5.74) is 0.951. The Labute approximate surface area is 92.6 Å². The van der Waals surface area contributed by atoms with E-state index in [0.29, 0.717) is 13.0 Å². The number of nitrogens with one attached hydrogen (secondary N) is 1. The van der Waals surface area contributed by atoms with Gasteiger partial charge in [-0.25, -0.2) is 4.98 Å². The molecule has 1 unspecified atom stereocenters. The predicted molar refractivity (Wildman–Crippen MR) is 61.3 cm³/mol. The SMILES string of the molecule is CCNCC(O)Cc1cn2ccsc2n1. The summed E-state index contributed by atoms with van der Waals surface area (Å²) < 4.78 is 1.99. The minimum Gasteiger partial charge on any atom is -0.391 e. The van der Waals surface area contributed by atoms with Gasteiger partial charge < -0.3 is 10.4 Å². The molecule has 2 rings (SSSR count). The van der Waals surface area contributed by atoms with E-state index >= 15 is 0 Å². The Morgan fingerprint density at radius 1 is 1.67 bits per heavy atom. The maximum absolute atomic E-state index is 9.69. The fourth-order valence-electron chi connectivity index (χ4n) is 1.50. The lowest BCUT2D eigenvalue weighted by molar-refractivity contribution is 0.172. The van der Waals surface area contributed by atoms with E-state index in [1.807, 2.05) is 29.1 Å². The van der Waals surface area contributed by atoms with Crippen LogP contribution in [0.2, 0.25) is 0 Å². The van der Waals surface area contributed by atoms with Crippen LogP contribution in [0.4, 0.5) is 0 Å². The van der Waals surface area contributed by atoms with Gasteiger partial charge in [0.25, 0.3) is 0 Å². The Bertz CT molecular complexity index is 394. The lowest BCUT2D eigenvalue weighted by Gasteiger charge is -2.08. The molecule has 0 bridgehead atoms. The van der Waals surface area contributed by atoms with Crippen LogP contribution < -0.4 is 5.32 Å². The standard InChI is InChI=1S/C10H15N3OS/c1-2-11-6-9(14)5-8-7-13-3-4-15-10(13)12-8/h3-4,7,9,11,14H,2,5-6H2,1H3. The molecule has 0 spiro atoms. The molecule has 0 aliphatic carbocycles. The minimum absolute atomic E-state index is 0.352. The predicted octanol–water partition coefficient (Wildman–Crippen LogP) is 0.909. The number of imidazole rings is 1. The Morgan fingerprint density at radius 3 is 3.27 bits per heavy atom. The van der Waals surface area contributed by atoms with Gasteiger partial charge >= 0.3 is 0 Å². The van der Waals surface area contributed by atoms with Gasteiger partial charge in [-0.05, 0) is 6.54 Å². The van der Waals surface area contributed by atoms with Gasteiger partial charge in [0.1, 0.15) is 0 Å². The highest BCUT2D eigenvalue weighted by Crippen LogP contribution is 2.12. The molecule has 2 N–H and O–H groups in total. The molecule has 0 radical (unpaired) electrons. The molecular weight excluding hydrogens is 210 g/mol. The number of likely N-dealkylation sites (N-methyl/N-ethyl adjacent to an activating group) is 1. The monoisotopic (exact) mass is 225 g/mol. The van der Waals surface area contributed by atoms with Gasteiger partial charge in [0, 0.05) is 30.7 Å². The van der Waals surface area contributed by atoms with E-state index in [4.69, 9.17) is 0 Å². The van der Waals surface area contributed by atoms with Crippen LogP contribution in [-0.2, 0) is 6.42 Å². The summed E-state index contributed by atoms with van der Waals surface area (Å²) in [6, 6.07) is 0. The van der Waals surface area contributed by atoms with Gasteiger partial charge in [-0.2, -0.15) is 0 Å². The Hall–Kier alpha value is -0.910. The van der Waals surface area contributed by atoms with Crippen LogP contribution in [0.1, 0.15) is 12.6 Å². The minimum atomic E-state index is -0.352. The number of aliphatic hydroxyl groups is 1. The average molecular weight is 225 g/mol. The molecule has 2 aromatic rings. The molecule has 82 valence electrons. The van der Waals surface area contributed by atoms with Crippen molar-refractivity contribution < 1.29 is 5.11 Å². The van der Waals surface area contributed by atoms with E-state index in [1.165, 1.54) is 0 Å². The molecule has 5 heteroatoms. The average Bonchev–Trinajstić information content (AvgIpc) is 2.74. The largest absolute Gasteiger partial charge is 0.391 e. The summed E-state index contributed by atoms with van der Waals surface area (Å²) in [7, 11) is 0. The highest BCUT2D eigenvalue weighted by molar-refractivity contribution is 7.15. The van der Waals surface area contributed by atoms with Crippen LogP contribution >= 0.6 is 11.3 Å². The van der Waals surface area contributed by atoms with Crippen molar-refractivity contribution in [3.63, 3.8) is 0 Å². The maximum atomic E-state index is 9.69. The van der Waals surface area contributed by atoms with E-state index in [-0.39, 0.29) is 6.10 Å². The van der Waals surface area contributed by atoms with Crippen LogP contribution in [0, 0.1) is 0 Å². The van der Waals surface area contributed by atoms with Crippen molar-refractivity contribution in [3.8, 4) is 0 Å². The van der Waals surface area contributed by atoms with Gasteiger partial charge in [-0.1, -0.05) is 6.92 Å². The lowest BCUT2D eigenvalue weighted by atomic mass is 10.2. The number of aromatic nitrogens is 2. The molecule has 0 aromatic carbocycles. The van der Waals surface area contributed by atoms with Crippen molar-refractivity contribution in [1.82, 2.24) is 14.7 Å². The van der Waals surface area contributed by atoms with Crippen molar-refractivity contribution in [2.24, 2.45) is 0 Å². The first kappa shape index (κ1) is 10.6. The normalized spacial score (nSPS) is 13.5. The van der Waals surface area contributed by atoms with E-state index < -0.39 is 0 Å². The zero-order valence-corrected chi connectivity index (χ0v) is 9.50. The number of rotatable bonds is 5. The molecule has 2 heterocycles. The van der Waals surface area contributed by atoms with Gasteiger partial charge in [-0.3, -0.25) is 4.40 Å². The first-order chi connectivity index (χ1) is 7.29. The van der Waals surface area contributed by atoms with Crippen molar-refractivity contribution in [1.29, 1.82) is 0 Å². The van der Waals surface area contributed by atoms with Crippen LogP contribution in [0.5, 0.6) is 0 Å². The number of hydrogen-bond acceptors (Lipinski definition) is 4. The summed E-state index contributed by atoms with van der Waals surface area (Å²) >= 11 is 1.61. The summed E-state index contributed by atoms with van der Waals surface area (Å²) in [5.74, 6) is 0. The molecule has 0 saturated carbocycles. The lowest BCUT2D eigenvalue weighted by Crippen LogP contribution is -2.28. The molecule has 1 atom stereocenters. The Kier molecular flexibility index (Phi) is 3.35. The number of fused-ring (bicyclic) bond motifs is 1. The quantitative estimate of drug-likeness (QED) is 0.795. The fraction of sp³-hybridized carbons (Fsp3) is 0.500. The molecule has 0 aliphatic rings. The van der Waals surface area contributed by atoms with Gasteiger partial charge in [-0.15, -0.1) is 11.3 Å². The molecular formula is C10H15N3OS. The van der Waals surface area contributed by atoms with E-state index in [9.17, 15) is 5.11 Å². The van der Waals surface area contributed by atoms with Gasteiger partial charge in [0.05, 0.1) is 11.8 Å². The third kappa shape index (κ3) is 2.56. The van der Waals surface area contributed by atoms with Crippen LogP contribution in [0.15, 0.2) is 17.8 Å². The van der Waals surface area contributed by atoms with Gasteiger partial charge in [0.15, 0.2) is 4.96 Å². The van der Waals surface area contributed by atoms with E-state index in [0.717, 1.165) is 17.2 Å². The van der Waals surface area contributed by atoms with Crippen LogP contribution in [0.25, 0.3) is 4.96 Å². The molecule has 15 heavy (non-hydrogen) atoms. The third-order valence-electron chi connectivity index (χ3n) is 2.22. The first-order valence-corrected chi connectivity index (χ1v) is 5.97. The smallest absolute Gasteiger partial charge is 0.193 e. The Balaban J connectivity index is 1.96. The Morgan fingerprint density at radius 2 is 2.53 bits per heavy atom. The zero-order valence-electron chi connectivity index (χ0n) is 8.68. The molecule has 4 nitrogen and oxygen atoms in total. The topological polar surface area (TPSA) is 49.6 Å². The fourth-order valence-corrected chi connectivity index (χ4v) is 2.22. The molecule has 0 aliphatic heterocycles. The summed E-state index contributed by atoms with van der Waals surface area (Å²) in [4.78, 5) is 5.40. The maximum Gasteiger partial charge on any atom is 0.193 e. The van der Waals surface area contributed by atoms with Crippen molar-refractivity contribution in [2.45, 2.75) is 19.4 Å². The number of thiazole rings is 1. The number of nitrogens with zero attached hydrogens (tertiary/aromatic N) is 2. The second kappa shape index (κ2) is 4.74. The molecule has 0 saturated heterocycles. The summed E-state index contributed by atoms with van der Waals surface area (Å²) in [5, 5.41) is 14.8. The molecule has 2 aromatic heterocycles. The first-order valence-electron chi connectivity index (χ1n) is 5.09. The number of hydrogen-bond donors (Lipinski definition) is 2. The zero-order chi connectivity index (χ0) is 10.7. The van der Waals surface area contributed by atoms with E-state index in [2.05, 4.69) is 10.3 Å². The summed E-state index contributed by atoms with van der Waals surface area (Å²) in [6.45, 7) is 3.54. The highest BCUT2D eigenvalue weighted by atomic mass is 32.1. The summed E-state index contributed by atoms with van der Waals surface area (Å²) in [6.07, 6.45) is 4.21. The van der Waals surface area contributed by atoms with Crippen LogP contribution in [-0.4, -0.2) is 33.7 Å². The molecule has 0 amide bonds. The second-order valence-electron chi connectivity index (χ2n) is 3.49. The third-order valence-corrected chi connectivity index (χ3v) is 2.99. The van der Waals surface area contributed by atoms with Crippen molar-refractivity contribution in [3.05, 3.63) is 23.5 Å². The van der Waals surface area contributed by atoms with Crippen LogP contribution in [0.3, 0.4) is 0 Å². The second-order valence-corrected chi connectivity index (χ2v) is 4.36.